The van der Waals surface area contributed by atoms with Crippen LogP contribution in [0.5, 0.6) is 11.5 Å². The zero-order chi connectivity index (χ0) is 38.7. The molecular weight excluding hydrogens is 717 g/mol. The van der Waals surface area contributed by atoms with Crippen LogP contribution in [0.15, 0.2) is 170 Å². The van der Waals surface area contributed by atoms with Gasteiger partial charge in [-0.2, -0.15) is 0 Å². The minimum atomic E-state index is -3.80. The number of fused-ring (bicyclic) bond motifs is 2. The second-order valence-corrected chi connectivity index (χ2v) is 17.2. The van der Waals surface area contributed by atoms with E-state index < -0.39 is 8.88 Å². The van der Waals surface area contributed by atoms with E-state index >= 15 is 0 Å². The molecule has 10 rings (SSSR count). The fraction of sp³-hybridized carbons (Fsp3) is 0.0800. The molecule has 57 heavy (non-hydrogen) atoms. The van der Waals surface area contributed by atoms with Crippen LogP contribution in [0, 0.1) is 27.7 Å². The van der Waals surface area contributed by atoms with E-state index in [0.717, 1.165) is 102 Å². The number of hydrogen-bond acceptors (Lipinski definition) is 6. The van der Waals surface area contributed by atoms with E-state index in [0.29, 0.717) is 0 Å². The third kappa shape index (κ3) is 5.95. The van der Waals surface area contributed by atoms with Crippen molar-refractivity contribution in [2.45, 2.75) is 27.7 Å². The van der Waals surface area contributed by atoms with Crippen molar-refractivity contribution >= 4 is 31.6 Å². The minimum Gasteiger partial charge on any atom is -0.478 e. The van der Waals surface area contributed by atoms with Crippen LogP contribution >= 0.6 is 0 Å². The fourth-order valence-electron chi connectivity index (χ4n) is 8.46. The Balaban J connectivity index is 1.28. The van der Waals surface area contributed by atoms with Crippen molar-refractivity contribution in [2.75, 3.05) is 9.13 Å². The lowest BCUT2D eigenvalue weighted by Gasteiger charge is -2.36. The number of aryl methyl sites for hydroxylation is 4. The molecule has 2 aliphatic rings. The van der Waals surface area contributed by atoms with E-state index in [-0.39, 0.29) is 0 Å². The van der Waals surface area contributed by atoms with Gasteiger partial charge in [-0.25, -0.2) is 0 Å². The number of aromatic nitrogens is 2. The zero-order valence-corrected chi connectivity index (χ0v) is 33.3. The Bertz CT molecular complexity index is 2560. The summed E-state index contributed by atoms with van der Waals surface area (Å²) >= 11 is 0. The first kappa shape index (κ1) is 34.5. The van der Waals surface area contributed by atoms with Crippen LogP contribution in [0.25, 0.3) is 44.5 Å². The van der Waals surface area contributed by atoms with Crippen LogP contribution in [0.2, 0.25) is 0 Å². The van der Waals surface area contributed by atoms with Crippen LogP contribution in [-0.2, 0) is 0 Å². The normalized spacial score (nSPS) is 13.6. The van der Waals surface area contributed by atoms with Crippen LogP contribution < -0.4 is 18.0 Å². The fourth-order valence-corrected chi connectivity index (χ4v) is 11.8. The second kappa shape index (κ2) is 13.7. The van der Waals surface area contributed by atoms with Gasteiger partial charge in [0.15, 0.2) is 0 Å². The van der Waals surface area contributed by atoms with E-state index in [4.69, 9.17) is 18.8 Å². The van der Waals surface area contributed by atoms with Gasteiger partial charge in [-0.05, 0) is 121 Å². The number of benzene rings is 6. The highest BCUT2D eigenvalue weighted by atomic mass is 28.4. The Labute approximate surface area is 334 Å². The van der Waals surface area contributed by atoms with Gasteiger partial charge < -0.3 is 8.85 Å². The maximum absolute atomic E-state index is 7.60. The van der Waals surface area contributed by atoms with E-state index in [9.17, 15) is 0 Å². The molecule has 0 atom stereocenters. The first-order chi connectivity index (χ1) is 27.8. The molecular formula is C50H40N4O2Si. The summed E-state index contributed by atoms with van der Waals surface area (Å²) in [5, 5.41) is 0. The van der Waals surface area contributed by atoms with Crippen molar-refractivity contribution in [2.24, 2.45) is 0 Å². The van der Waals surface area contributed by atoms with Crippen LogP contribution in [0.1, 0.15) is 22.8 Å². The summed E-state index contributed by atoms with van der Waals surface area (Å²) in [7, 11) is -3.80. The van der Waals surface area contributed by atoms with Gasteiger partial charge in [-0.15, -0.1) is 0 Å². The van der Waals surface area contributed by atoms with Crippen molar-refractivity contribution in [1.82, 2.24) is 9.97 Å². The van der Waals surface area contributed by atoms with Gasteiger partial charge in [0.25, 0.3) is 0 Å². The van der Waals surface area contributed by atoms with Gasteiger partial charge in [0.1, 0.15) is 11.5 Å². The number of pyridine rings is 2. The molecule has 0 saturated heterocycles. The molecule has 8 aromatic rings. The Morgan fingerprint density at radius 1 is 0.368 bits per heavy atom. The monoisotopic (exact) mass is 756 g/mol. The summed E-state index contributed by atoms with van der Waals surface area (Å²) in [5.74, 6) is 1.53. The van der Waals surface area contributed by atoms with Gasteiger partial charge in [-0.3, -0.25) is 19.1 Å². The Hall–Kier alpha value is -6.96. The Morgan fingerprint density at radius 2 is 0.649 bits per heavy atom. The van der Waals surface area contributed by atoms with Crippen molar-refractivity contribution in [1.29, 1.82) is 0 Å². The molecule has 7 heteroatoms. The molecule has 0 N–H and O–H groups in total. The summed E-state index contributed by atoms with van der Waals surface area (Å²) in [5.41, 5.74) is 16.3. The summed E-state index contributed by atoms with van der Waals surface area (Å²) in [6, 6.07) is 59.9. The molecule has 276 valence electrons. The van der Waals surface area contributed by atoms with Gasteiger partial charge in [0, 0.05) is 34.2 Å². The smallest absolute Gasteiger partial charge is 0.478 e. The summed E-state index contributed by atoms with van der Waals surface area (Å²) in [6.45, 7) is 8.19. The second-order valence-electron chi connectivity index (χ2n) is 14.8. The third-order valence-corrected chi connectivity index (χ3v) is 13.8. The SMILES string of the molecule is Cc1cc(N2c3cc(-c4ccccc4)c(-c4ccccc4)cc3O[Si]23Oc2cc(-c4ccccc4)c(-c4ccccc4)cc2N3c2cc(C)nc(C)c2)cc(C)n1. The largest absolute Gasteiger partial charge is 0.733 e. The van der Waals surface area contributed by atoms with E-state index in [1.54, 1.807) is 0 Å². The van der Waals surface area contributed by atoms with Crippen molar-refractivity contribution in [3.63, 3.8) is 0 Å². The number of anilines is 4. The lowest BCUT2D eigenvalue weighted by molar-refractivity contribution is 0.413. The number of rotatable bonds is 6. The maximum atomic E-state index is 7.60. The topological polar surface area (TPSA) is 50.7 Å². The van der Waals surface area contributed by atoms with Gasteiger partial charge >= 0.3 is 8.88 Å². The van der Waals surface area contributed by atoms with Gasteiger partial charge in [0.2, 0.25) is 0 Å². The predicted molar refractivity (Wildman–Crippen MR) is 233 cm³/mol. The van der Waals surface area contributed by atoms with Crippen molar-refractivity contribution in [3.8, 4) is 56.0 Å². The predicted octanol–water partition coefficient (Wildman–Crippen LogP) is 12.6. The molecule has 6 nitrogen and oxygen atoms in total. The average molecular weight is 757 g/mol. The Kier molecular flexibility index (Phi) is 8.27. The van der Waals surface area contributed by atoms with Crippen molar-refractivity contribution < 1.29 is 8.85 Å². The zero-order valence-electron chi connectivity index (χ0n) is 32.3. The van der Waals surface area contributed by atoms with Crippen LogP contribution in [0.4, 0.5) is 22.7 Å². The molecule has 0 bridgehead atoms. The molecule has 6 aromatic carbocycles. The highest BCUT2D eigenvalue weighted by Gasteiger charge is 2.68. The molecule has 0 unspecified atom stereocenters. The summed E-state index contributed by atoms with van der Waals surface area (Å²) < 4.78 is 19.9. The maximum Gasteiger partial charge on any atom is 0.733 e. The highest BCUT2D eigenvalue weighted by molar-refractivity contribution is 6.82. The van der Waals surface area contributed by atoms with Crippen LogP contribution in [0.3, 0.4) is 0 Å². The minimum absolute atomic E-state index is 0.763. The van der Waals surface area contributed by atoms with Crippen molar-refractivity contribution in [3.05, 3.63) is 193 Å². The molecule has 2 aliphatic heterocycles. The molecule has 0 amide bonds. The molecule has 0 aliphatic carbocycles. The van der Waals surface area contributed by atoms with E-state index in [2.05, 4.69) is 179 Å². The first-order valence-corrected chi connectivity index (χ1v) is 21.0. The highest BCUT2D eigenvalue weighted by Crippen LogP contribution is 2.58. The van der Waals surface area contributed by atoms with Crippen LogP contribution in [-0.4, -0.2) is 18.9 Å². The number of nitrogens with zero attached hydrogens (tertiary/aromatic N) is 4. The quantitative estimate of drug-likeness (QED) is 0.158. The molecule has 0 saturated carbocycles. The molecule has 2 aromatic heterocycles. The third-order valence-electron chi connectivity index (χ3n) is 10.7. The van der Waals surface area contributed by atoms with E-state index in [1.807, 2.05) is 27.7 Å². The lowest BCUT2D eigenvalue weighted by atomic mass is 9.93. The van der Waals surface area contributed by atoms with Gasteiger partial charge in [-0.1, -0.05) is 121 Å². The summed E-state index contributed by atoms with van der Waals surface area (Å²) in [4.78, 5) is 9.62. The number of hydrogen-bond donors (Lipinski definition) is 0. The van der Waals surface area contributed by atoms with Gasteiger partial charge in [0.05, 0.1) is 11.4 Å². The molecule has 4 heterocycles. The molecule has 1 spiro atoms. The Morgan fingerprint density at radius 3 is 0.947 bits per heavy atom. The van der Waals surface area contributed by atoms with E-state index in [1.165, 1.54) is 0 Å². The summed E-state index contributed by atoms with van der Waals surface area (Å²) in [6.07, 6.45) is 0. The lowest BCUT2D eigenvalue weighted by Crippen LogP contribution is -2.67. The molecule has 0 radical (unpaired) electrons. The average Bonchev–Trinajstić information content (AvgIpc) is 3.72. The molecule has 0 fully saturated rings. The standard InChI is InChI=1S/C50H40N4O2Si/c1-33-25-41(26-34(2)51-33)53-47-29-43(37-17-9-5-10-18-37)45(39-21-13-7-14-22-39)31-49(47)55-57(53)54(42-27-35(3)52-36(4)28-42)48-30-44(38-19-11-6-12-20-38)46(32-50(48)56-57)40-23-15-8-16-24-40/h5-32H,1-4H3. The first-order valence-electron chi connectivity index (χ1n) is 19.3.